The number of imide groups is 1. The second-order valence-corrected chi connectivity index (χ2v) is 5.71. The quantitative estimate of drug-likeness (QED) is 0.591. The summed E-state index contributed by atoms with van der Waals surface area (Å²) in [7, 11) is 0. The SMILES string of the molecule is C[C@@H]1CC2C(=O)N(c3cc(Cl)nc(Cl)c3)C(=O)N2C1. The zero-order chi connectivity index (χ0) is 13.7. The van der Waals surface area contributed by atoms with Crippen molar-refractivity contribution < 1.29 is 9.59 Å². The van der Waals surface area contributed by atoms with Gasteiger partial charge < -0.3 is 4.90 Å². The molecule has 0 N–H and O–H groups in total. The Kier molecular flexibility index (Phi) is 2.91. The minimum atomic E-state index is -0.354. The third-order valence-corrected chi connectivity index (χ3v) is 3.85. The van der Waals surface area contributed by atoms with Gasteiger partial charge in [-0.3, -0.25) is 4.79 Å². The van der Waals surface area contributed by atoms with Gasteiger partial charge in [0.25, 0.3) is 5.91 Å². The van der Waals surface area contributed by atoms with Crippen LogP contribution in [0.4, 0.5) is 10.5 Å². The van der Waals surface area contributed by atoms with E-state index in [1.54, 1.807) is 4.90 Å². The van der Waals surface area contributed by atoms with E-state index in [0.717, 1.165) is 4.90 Å². The fourth-order valence-electron chi connectivity index (χ4n) is 2.68. The van der Waals surface area contributed by atoms with E-state index >= 15 is 0 Å². The number of aromatic nitrogens is 1. The average molecular weight is 300 g/mol. The number of carbonyl (C=O) groups excluding carboxylic acids is 2. The van der Waals surface area contributed by atoms with Gasteiger partial charge in [0, 0.05) is 6.54 Å². The Morgan fingerprint density at radius 2 is 1.89 bits per heavy atom. The molecule has 2 fully saturated rings. The topological polar surface area (TPSA) is 53.5 Å². The largest absolute Gasteiger partial charge is 0.332 e. The van der Waals surface area contributed by atoms with Crippen LogP contribution in [-0.4, -0.2) is 34.4 Å². The molecule has 2 aliphatic heterocycles. The zero-order valence-corrected chi connectivity index (χ0v) is 11.6. The average Bonchev–Trinajstić information content (AvgIpc) is 2.78. The number of urea groups is 1. The molecule has 19 heavy (non-hydrogen) atoms. The van der Waals surface area contributed by atoms with Crippen LogP contribution < -0.4 is 4.90 Å². The summed E-state index contributed by atoms with van der Waals surface area (Å²) in [6.45, 7) is 2.64. The molecule has 3 heterocycles. The first-order chi connectivity index (χ1) is 8.97. The second kappa shape index (κ2) is 4.35. The van der Waals surface area contributed by atoms with Crippen molar-refractivity contribution in [3.05, 3.63) is 22.4 Å². The van der Waals surface area contributed by atoms with E-state index in [1.807, 2.05) is 6.92 Å². The molecular weight excluding hydrogens is 289 g/mol. The Bertz CT molecular complexity index is 534. The van der Waals surface area contributed by atoms with Crippen molar-refractivity contribution in [3.63, 3.8) is 0 Å². The predicted molar refractivity (Wildman–Crippen MR) is 71.4 cm³/mol. The summed E-state index contributed by atoms with van der Waals surface area (Å²) in [5, 5.41) is 0.312. The lowest BCUT2D eigenvalue weighted by Crippen LogP contribution is -2.34. The van der Waals surface area contributed by atoms with Gasteiger partial charge in [-0.15, -0.1) is 0 Å². The van der Waals surface area contributed by atoms with Crippen LogP contribution in [0, 0.1) is 5.92 Å². The van der Waals surface area contributed by atoms with E-state index in [1.165, 1.54) is 12.1 Å². The third kappa shape index (κ3) is 1.97. The summed E-state index contributed by atoms with van der Waals surface area (Å²) < 4.78 is 0. The van der Waals surface area contributed by atoms with E-state index in [0.29, 0.717) is 24.6 Å². The molecule has 7 heteroatoms. The van der Waals surface area contributed by atoms with Crippen LogP contribution in [0.1, 0.15) is 13.3 Å². The molecule has 2 saturated heterocycles. The standard InChI is InChI=1S/C12H11Cl2N3O2/c1-6-2-8-11(18)17(12(19)16(8)5-6)7-3-9(13)15-10(14)4-7/h3-4,6,8H,2,5H2,1H3/t6-,8?/m1/s1. The number of pyridine rings is 1. The van der Waals surface area contributed by atoms with Gasteiger partial charge in [0.1, 0.15) is 16.3 Å². The Labute approximate surface area is 120 Å². The van der Waals surface area contributed by atoms with E-state index in [9.17, 15) is 9.59 Å². The van der Waals surface area contributed by atoms with Crippen LogP contribution in [0.25, 0.3) is 0 Å². The molecule has 0 bridgehead atoms. The monoisotopic (exact) mass is 299 g/mol. The Morgan fingerprint density at radius 1 is 1.26 bits per heavy atom. The van der Waals surface area contributed by atoms with Crippen molar-refractivity contribution in [1.29, 1.82) is 0 Å². The van der Waals surface area contributed by atoms with Crippen molar-refractivity contribution in [2.75, 3.05) is 11.4 Å². The summed E-state index contributed by atoms with van der Waals surface area (Å²) in [5.74, 6) is 0.136. The number of hydrogen-bond donors (Lipinski definition) is 0. The number of fused-ring (bicyclic) bond motifs is 1. The van der Waals surface area contributed by atoms with Crippen molar-refractivity contribution in [2.45, 2.75) is 19.4 Å². The van der Waals surface area contributed by atoms with Crippen molar-refractivity contribution in [2.24, 2.45) is 5.92 Å². The first-order valence-electron chi connectivity index (χ1n) is 5.95. The summed E-state index contributed by atoms with van der Waals surface area (Å²) >= 11 is 11.6. The lowest BCUT2D eigenvalue weighted by molar-refractivity contribution is -0.119. The van der Waals surface area contributed by atoms with Gasteiger partial charge in [-0.25, -0.2) is 14.7 Å². The highest BCUT2D eigenvalue weighted by Crippen LogP contribution is 2.34. The maximum Gasteiger partial charge on any atom is 0.332 e. The molecule has 0 saturated carbocycles. The Balaban J connectivity index is 1.98. The number of halogens is 2. The van der Waals surface area contributed by atoms with Crippen molar-refractivity contribution in [1.82, 2.24) is 9.88 Å². The molecule has 1 aromatic rings. The number of amides is 3. The zero-order valence-electron chi connectivity index (χ0n) is 10.1. The summed E-state index contributed by atoms with van der Waals surface area (Å²) in [4.78, 5) is 31.2. The minimum absolute atomic E-state index is 0.156. The Morgan fingerprint density at radius 3 is 2.47 bits per heavy atom. The van der Waals surface area contributed by atoms with E-state index in [2.05, 4.69) is 4.98 Å². The smallest absolute Gasteiger partial charge is 0.312 e. The minimum Gasteiger partial charge on any atom is -0.312 e. The molecule has 0 aromatic carbocycles. The molecule has 5 nitrogen and oxygen atoms in total. The van der Waals surface area contributed by atoms with E-state index < -0.39 is 0 Å². The van der Waals surface area contributed by atoms with Gasteiger partial charge in [0.2, 0.25) is 0 Å². The molecule has 0 radical (unpaired) electrons. The van der Waals surface area contributed by atoms with Gasteiger partial charge in [-0.05, 0) is 24.5 Å². The van der Waals surface area contributed by atoms with Crippen molar-refractivity contribution >= 4 is 40.8 Å². The van der Waals surface area contributed by atoms with Crippen LogP contribution >= 0.6 is 23.2 Å². The number of nitrogens with zero attached hydrogens (tertiary/aromatic N) is 3. The summed E-state index contributed by atoms with van der Waals surface area (Å²) in [6.07, 6.45) is 0.702. The fourth-order valence-corrected chi connectivity index (χ4v) is 3.13. The van der Waals surface area contributed by atoms with Crippen molar-refractivity contribution in [3.8, 4) is 0 Å². The molecule has 0 spiro atoms. The first-order valence-corrected chi connectivity index (χ1v) is 6.70. The van der Waals surface area contributed by atoms with Crippen LogP contribution in [0.3, 0.4) is 0 Å². The highest BCUT2D eigenvalue weighted by atomic mass is 35.5. The Hall–Kier alpha value is -1.33. The van der Waals surface area contributed by atoms with Gasteiger partial charge in [0.15, 0.2) is 0 Å². The van der Waals surface area contributed by atoms with Crippen LogP contribution in [0.2, 0.25) is 10.3 Å². The maximum absolute atomic E-state index is 12.3. The lowest BCUT2D eigenvalue weighted by Gasteiger charge is -2.16. The number of carbonyl (C=O) groups is 2. The number of anilines is 1. The second-order valence-electron chi connectivity index (χ2n) is 4.94. The van der Waals surface area contributed by atoms with Crippen LogP contribution in [-0.2, 0) is 4.79 Å². The molecule has 3 amide bonds. The molecule has 1 aromatic heterocycles. The fraction of sp³-hybridized carbons (Fsp3) is 0.417. The molecule has 0 aliphatic carbocycles. The van der Waals surface area contributed by atoms with Crippen LogP contribution in [0.15, 0.2) is 12.1 Å². The van der Waals surface area contributed by atoms with E-state index in [4.69, 9.17) is 23.2 Å². The number of hydrogen-bond acceptors (Lipinski definition) is 3. The third-order valence-electron chi connectivity index (χ3n) is 3.46. The van der Waals surface area contributed by atoms with Gasteiger partial charge in [0.05, 0.1) is 5.69 Å². The summed E-state index contributed by atoms with van der Waals surface area (Å²) in [5.41, 5.74) is 0.377. The van der Waals surface area contributed by atoms with Crippen LogP contribution in [0.5, 0.6) is 0 Å². The summed E-state index contributed by atoms with van der Waals surface area (Å²) in [6, 6.07) is 2.27. The molecule has 2 aliphatic rings. The highest BCUT2D eigenvalue weighted by molar-refractivity contribution is 6.33. The highest BCUT2D eigenvalue weighted by Gasteiger charge is 2.50. The molecule has 1 unspecified atom stereocenters. The normalized spacial score (nSPS) is 26.3. The van der Waals surface area contributed by atoms with Gasteiger partial charge >= 0.3 is 6.03 Å². The molecule has 3 rings (SSSR count). The lowest BCUT2D eigenvalue weighted by atomic mass is 10.1. The first kappa shape index (κ1) is 12.7. The molecule has 2 atom stereocenters. The predicted octanol–water partition coefficient (Wildman–Crippen LogP) is 2.57. The maximum atomic E-state index is 12.3. The van der Waals surface area contributed by atoms with E-state index in [-0.39, 0.29) is 28.3 Å². The molecular formula is C12H11Cl2N3O2. The van der Waals surface area contributed by atoms with Gasteiger partial charge in [-0.2, -0.15) is 0 Å². The number of rotatable bonds is 1. The molecule has 100 valence electrons. The van der Waals surface area contributed by atoms with Gasteiger partial charge in [-0.1, -0.05) is 30.1 Å².